The first-order valence-electron chi connectivity index (χ1n) is 4.06. The molecular weight excluding hydrogens is 249 g/mol. The third-order valence-corrected chi connectivity index (χ3v) is 3.77. The lowest BCUT2D eigenvalue weighted by atomic mass is 9.87. The maximum atomic E-state index is 5.93. The minimum Gasteiger partial charge on any atom is -0.245 e. The summed E-state index contributed by atoms with van der Waals surface area (Å²) >= 11 is 9.40. The molecule has 0 spiro atoms. The van der Waals surface area contributed by atoms with E-state index in [0.29, 0.717) is 0 Å². The van der Waals surface area contributed by atoms with Crippen LogP contribution in [0.25, 0.3) is 0 Å². The van der Waals surface area contributed by atoms with E-state index in [4.69, 9.17) is 11.6 Å². The Kier molecular flexibility index (Phi) is 2.00. The number of hydrogen-bond donors (Lipinski definition) is 0. The number of fused-ring (bicyclic) bond motifs is 1. The fourth-order valence-corrected chi connectivity index (χ4v) is 2.04. The zero-order valence-electron chi connectivity index (χ0n) is 7.44. The summed E-state index contributed by atoms with van der Waals surface area (Å²) in [5.41, 5.74) is 2.16. The topological polar surface area (TPSA) is 12.4 Å². The van der Waals surface area contributed by atoms with E-state index in [9.17, 15) is 0 Å². The van der Waals surface area contributed by atoms with E-state index in [-0.39, 0.29) is 5.41 Å². The van der Waals surface area contributed by atoms with E-state index in [2.05, 4.69) is 34.8 Å². The SMILES string of the molecule is CC1(C)C(Br)=Nc2ccc(Cl)cc21. The van der Waals surface area contributed by atoms with Crippen LogP contribution in [0.1, 0.15) is 19.4 Å². The molecule has 0 aromatic heterocycles. The second-order valence-corrected chi connectivity index (χ2v) is 4.88. The van der Waals surface area contributed by atoms with E-state index in [1.165, 1.54) is 5.56 Å². The highest BCUT2D eigenvalue weighted by atomic mass is 79.9. The molecule has 0 saturated heterocycles. The van der Waals surface area contributed by atoms with Gasteiger partial charge in [-0.1, -0.05) is 11.6 Å². The number of rotatable bonds is 0. The van der Waals surface area contributed by atoms with Crippen LogP contribution >= 0.6 is 27.5 Å². The first-order valence-corrected chi connectivity index (χ1v) is 5.23. The highest BCUT2D eigenvalue weighted by Crippen LogP contribution is 2.42. The van der Waals surface area contributed by atoms with Crippen molar-refractivity contribution in [1.29, 1.82) is 0 Å². The predicted molar refractivity (Wildman–Crippen MR) is 60.5 cm³/mol. The zero-order valence-corrected chi connectivity index (χ0v) is 9.78. The van der Waals surface area contributed by atoms with Crippen LogP contribution in [0.2, 0.25) is 5.02 Å². The van der Waals surface area contributed by atoms with Gasteiger partial charge in [0, 0.05) is 10.4 Å². The Hall–Kier alpha value is -0.340. The Bertz CT molecular complexity index is 396. The molecular formula is C10H9BrClN. The van der Waals surface area contributed by atoms with Gasteiger partial charge in [-0.05, 0) is 53.5 Å². The molecule has 1 aromatic rings. The highest BCUT2D eigenvalue weighted by Gasteiger charge is 2.33. The molecule has 0 radical (unpaired) electrons. The summed E-state index contributed by atoms with van der Waals surface area (Å²) in [6.45, 7) is 4.26. The Morgan fingerprint density at radius 3 is 2.77 bits per heavy atom. The Balaban J connectivity index is 2.65. The third kappa shape index (κ3) is 1.32. The van der Waals surface area contributed by atoms with E-state index < -0.39 is 0 Å². The quantitative estimate of drug-likeness (QED) is 0.665. The maximum Gasteiger partial charge on any atom is 0.0937 e. The van der Waals surface area contributed by atoms with Crippen LogP contribution in [0.5, 0.6) is 0 Å². The molecule has 1 nitrogen and oxygen atoms in total. The van der Waals surface area contributed by atoms with Gasteiger partial charge in [-0.3, -0.25) is 0 Å². The Morgan fingerprint density at radius 1 is 1.38 bits per heavy atom. The molecule has 1 heterocycles. The molecule has 0 aliphatic carbocycles. The van der Waals surface area contributed by atoms with Gasteiger partial charge in [-0.15, -0.1) is 0 Å². The number of aliphatic imine (C=N–C) groups is 1. The fraction of sp³-hybridized carbons (Fsp3) is 0.300. The zero-order chi connectivity index (χ0) is 9.64. The van der Waals surface area contributed by atoms with Crippen molar-refractivity contribution >= 4 is 37.8 Å². The Morgan fingerprint density at radius 2 is 2.08 bits per heavy atom. The Labute approximate surface area is 91.0 Å². The van der Waals surface area contributed by atoms with Gasteiger partial charge in [0.2, 0.25) is 0 Å². The minimum atomic E-state index is -0.0414. The van der Waals surface area contributed by atoms with Crippen molar-refractivity contribution in [3.8, 4) is 0 Å². The maximum absolute atomic E-state index is 5.93. The van der Waals surface area contributed by atoms with Gasteiger partial charge in [0.15, 0.2) is 0 Å². The van der Waals surface area contributed by atoms with Crippen molar-refractivity contribution in [2.75, 3.05) is 0 Å². The van der Waals surface area contributed by atoms with Crippen LogP contribution in [0, 0.1) is 0 Å². The van der Waals surface area contributed by atoms with Crippen molar-refractivity contribution in [3.63, 3.8) is 0 Å². The van der Waals surface area contributed by atoms with Crippen LogP contribution in [-0.2, 0) is 5.41 Å². The largest absolute Gasteiger partial charge is 0.245 e. The molecule has 0 atom stereocenters. The summed E-state index contributed by atoms with van der Waals surface area (Å²) in [6, 6.07) is 5.80. The number of hydrogen-bond acceptors (Lipinski definition) is 1. The van der Waals surface area contributed by atoms with Gasteiger partial charge in [0.25, 0.3) is 0 Å². The second-order valence-electron chi connectivity index (χ2n) is 3.69. The molecule has 13 heavy (non-hydrogen) atoms. The summed E-state index contributed by atoms with van der Waals surface area (Å²) in [7, 11) is 0. The van der Waals surface area contributed by atoms with Crippen LogP contribution in [-0.4, -0.2) is 4.62 Å². The molecule has 0 unspecified atom stereocenters. The molecule has 3 heteroatoms. The molecule has 0 N–H and O–H groups in total. The molecule has 0 fully saturated rings. The average Bonchev–Trinajstić information content (AvgIpc) is 2.27. The first kappa shape index (κ1) is 9.22. The molecule has 0 bridgehead atoms. The fourth-order valence-electron chi connectivity index (χ4n) is 1.46. The van der Waals surface area contributed by atoms with E-state index in [1.54, 1.807) is 0 Å². The van der Waals surface area contributed by atoms with Crippen molar-refractivity contribution in [1.82, 2.24) is 0 Å². The summed E-state index contributed by atoms with van der Waals surface area (Å²) in [4.78, 5) is 4.42. The van der Waals surface area contributed by atoms with Crippen LogP contribution in [0.3, 0.4) is 0 Å². The summed E-state index contributed by atoms with van der Waals surface area (Å²) in [6.07, 6.45) is 0. The summed E-state index contributed by atoms with van der Waals surface area (Å²) in [5.74, 6) is 0. The van der Waals surface area contributed by atoms with Crippen LogP contribution in [0.15, 0.2) is 23.2 Å². The van der Waals surface area contributed by atoms with Crippen molar-refractivity contribution in [2.45, 2.75) is 19.3 Å². The minimum absolute atomic E-state index is 0.0414. The van der Waals surface area contributed by atoms with E-state index >= 15 is 0 Å². The third-order valence-electron chi connectivity index (χ3n) is 2.37. The normalized spacial score (nSPS) is 18.3. The van der Waals surface area contributed by atoms with E-state index in [1.807, 2.05) is 18.2 Å². The molecule has 1 aromatic carbocycles. The molecule has 1 aliphatic heterocycles. The van der Waals surface area contributed by atoms with Gasteiger partial charge in [0.05, 0.1) is 10.3 Å². The molecule has 0 saturated carbocycles. The van der Waals surface area contributed by atoms with Crippen molar-refractivity contribution < 1.29 is 0 Å². The highest BCUT2D eigenvalue weighted by molar-refractivity contribution is 9.18. The van der Waals surface area contributed by atoms with Gasteiger partial charge >= 0.3 is 0 Å². The molecule has 68 valence electrons. The lowest BCUT2D eigenvalue weighted by Crippen LogP contribution is -2.20. The smallest absolute Gasteiger partial charge is 0.0937 e. The summed E-state index contributed by atoms with van der Waals surface area (Å²) in [5, 5.41) is 0.768. The molecule has 2 rings (SSSR count). The average molecular weight is 259 g/mol. The predicted octanol–water partition coefficient (Wildman–Crippen LogP) is 4.06. The van der Waals surface area contributed by atoms with Crippen molar-refractivity contribution in [3.05, 3.63) is 28.8 Å². The van der Waals surface area contributed by atoms with Gasteiger partial charge in [0.1, 0.15) is 0 Å². The van der Waals surface area contributed by atoms with Gasteiger partial charge in [-0.2, -0.15) is 0 Å². The molecule has 1 aliphatic rings. The lowest BCUT2D eigenvalue weighted by Gasteiger charge is -2.18. The standard InChI is InChI=1S/C10H9BrClN/c1-10(2)7-5-6(12)3-4-8(7)13-9(10)11/h3-5H,1-2H3. The number of halogens is 2. The summed E-state index contributed by atoms with van der Waals surface area (Å²) < 4.78 is 0.970. The van der Waals surface area contributed by atoms with Crippen LogP contribution in [0.4, 0.5) is 5.69 Å². The molecule has 0 amide bonds. The lowest BCUT2D eigenvalue weighted by molar-refractivity contribution is 0.749. The van der Waals surface area contributed by atoms with Crippen LogP contribution < -0.4 is 0 Å². The number of benzene rings is 1. The first-order chi connectivity index (χ1) is 6.01. The van der Waals surface area contributed by atoms with Crippen molar-refractivity contribution in [2.24, 2.45) is 4.99 Å². The van der Waals surface area contributed by atoms with Gasteiger partial charge in [-0.25, -0.2) is 4.99 Å². The van der Waals surface area contributed by atoms with E-state index in [0.717, 1.165) is 15.3 Å². The second kappa shape index (κ2) is 2.82. The monoisotopic (exact) mass is 257 g/mol. The van der Waals surface area contributed by atoms with Gasteiger partial charge < -0.3 is 0 Å². The number of nitrogens with zero attached hydrogens (tertiary/aromatic N) is 1.